The first kappa shape index (κ1) is 17.5. The van der Waals surface area contributed by atoms with Crippen LogP contribution in [0.5, 0.6) is 0 Å². The lowest BCUT2D eigenvalue weighted by Gasteiger charge is -2.14. The molecular formula is C14H16BrN5O2S2. The zero-order chi connectivity index (χ0) is 17.2. The molecule has 0 aliphatic carbocycles. The summed E-state index contributed by atoms with van der Waals surface area (Å²) in [7, 11) is -3.70. The van der Waals surface area contributed by atoms with Crippen molar-refractivity contribution in [2.45, 2.75) is 17.4 Å². The fraction of sp³-hybridized carbons (Fsp3) is 0.286. The maximum atomic E-state index is 11.3. The summed E-state index contributed by atoms with van der Waals surface area (Å²) in [5.41, 5.74) is 0.673. The number of hydrogen-bond acceptors (Lipinski definition) is 7. The molecule has 7 nitrogen and oxygen atoms in total. The van der Waals surface area contributed by atoms with E-state index in [4.69, 9.17) is 5.14 Å². The zero-order valence-corrected chi connectivity index (χ0v) is 15.8. The summed E-state index contributed by atoms with van der Waals surface area (Å²) in [5, 5.41) is 11.5. The van der Waals surface area contributed by atoms with Crippen molar-refractivity contribution in [1.82, 2.24) is 9.97 Å². The minimum Gasteiger partial charge on any atom is -0.365 e. The van der Waals surface area contributed by atoms with E-state index in [0.717, 1.165) is 28.2 Å². The molecule has 1 aromatic heterocycles. The molecule has 10 heteroatoms. The number of thioether (sulfide) groups is 1. The second-order valence-corrected chi connectivity index (χ2v) is 8.85. The van der Waals surface area contributed by atoms with Crippen molar-refractivity contribution in [3.05, 3.63) is 34.9 Å². The highest BCUT2D eigenvalue weighted by atomic mass is 79.9. The maximum Gasteiger partial charge on any atom is 0.238 e. The number of primary sulfonamides is 1. The lowest BCUT2D eigenvalue weighted by Crippen LogP contribution is -2.19. The van der Waals surface area contributed by atoms with E-state index in [1.165, 1.54) is 12.1 Å². The molecule has 1 aliphatic heterocycles. The summed E-state index contributed by atoms with van der Waals surface area (Å²) in [6.45, 7) is 0. The molecule has 24 heavy (non-hydrogen) atoms. The molecular weight excluding hydrogens is 414 g/mol. The van der Waals surface area contributed by atoms with Crippen LogP contribution in [0.2, 0.25) is 0 Å². The Kier molecular flexibility index (Phi) is 5.28. The summed E-state index contributed by atoms with van der Waals surface area (Å²) in [5.74, 6) is 3.38. The van der Waals surface area contributed by atoms with Gasteiger partial charge in [-0.2, -0.15) is 16.7 Å². The summed E-state index contributed by atoms with van der Waals surface area (Å²) in [4.78, 5) is 8.75. The molecule has 3 rings (SSSR count). The van der Waals surface area contributed by atoms with Crippen molar-refractivity contribution in [2.24, 2.45) is 5.14 Å². The summed E-state index contributed by atoms with van der Waals surface area (Å²) in [6, 6.07) is 6.51. The van der Waals surface area contributed by atoms with Gasteiger partial charge in [-0.25, -0.2) is 18.5 Å². The van der Waals surface area contributed by atoms with Crippen LogP contribution in [0.15, 0.2) is 39.8 Å². The molecule has 4 N–H and O–H groups in total. The second kappa shape index (κ2) is 7.26. The van der Waals surface area contributed by atoms with Gasteiger partial charge in [0, 0.05) is 23.7 Å². The van der Waals surface area contributed by atoms with Gasteiger partial charge in [-0.05, 0) is 52.4 Å². The van der Waals surface area contributed by atoms with E-state index in [1.54, 1.807) is 18.3 Å². The Labute approximate surface area is 153 Å². The summed E-state index contributed by atoms with van der Waals surface area (Å²) >= 11 is 5.37. The van der Waals surface area contributed by atoms with Gasteiger partial charge in [0.1, 0.15) is 5.82 Å². The molecule has 0 radical (unpaired) electrons. The molecule has 1 aliphatic rings. The average Bonchev–Trinajstić information content (AvgIpc) is 3.03. The molecule has 0 spiro atoms. The first-order valence-corrected chi connectivity index (χ1v) is 10.7. The fourth-order valence-corrected chi connectivity index (χ4v) is 4.20. The molecule has 1 unspecified atom stereocenters. The standard InChI is InChI=1S/C14H16BrN5O2S2/c15-12-7-17-14(20-13(12)18-10-5-6-23-8-10)19-9-1-3-11(4-2-9)24(16,21)22/h1-4,7,10H,5-6,8H2,(H2,16,21,22)(H2,17,18,19,20). The first-order chi connectivity index (χ1) is 11.4. The van der Waals surface area contributed by atoms with Crippen molar-refractivity contribution in [1.29, 1.82) is 0 Å². The number of nitrogens with zero attached hydrogens (tertiary/aromatic N) is 2. The van der Waals surface area contributed by atoms with E-state index in [9.17, 15) is 8.42 Å². The first-order valence-electron chi connectivity index (χ1n) is 7.18. The number of benzene rings is 1. The highest BCUT2D eigenvalue weighted by Crippen LogP contribution is 2.26. The Morgan fingerprint density at radius 3 is 2.67 bits per heavy atom. The maximum absolute atomic E-state index is 11.3. The highest BCUT2D eigenvalue weighted by molar-refractivity contribution is 9.10. The highest BCUT2D eigenvalue weighted by Gasteiger charge is 2.17. The second-order valence-electron chi connectivity index (χ2n) is 5.29. The molecule has 2 aromatic rings. The molecule has 128 valence electrons. The molecule has 0 bridgehead atoms. The predicted molar refractivity (Wildman–Crippen MR) is 100 cm³/mol. The largest absolute Gasteiger partial charge is 0.365 e. The number of aromatic nitrogens is 2. The number of nitrogens with two attached hydrogens (primary N) is 1. The van der Waals surface area contributed by atoms with Crippen LogP contribution in [0.3, 0.4) is 0 Å². The minimum absolute atomic E-state index is 0.0610. The van der Waals surface area contributed by atoms with Gasteiger partial charge in [0.25, 0.3) is 0 Å². The van der Waals surface area contributed by atoms with Crippen LogP contribution in [0.25, 0.3) is 0 Å². The van der Waals surface area contributed by atoms with Gasteiger partial charge in [0.05, 0.1) is 9.37 Å². The van der Waals surface area contributed by atoms with Crippen LogP contribution in [0, 0.1) is 0 Å². The van der Waals surface area contributed by atoms with Gasteiger partial charge in [0.2, 0.25) is 16.0 Å². The topological polar surface area (TPSA) is 110 Å². The lowest BCUT2D eigenvalue weighted by atomic mass is 10.2. The van der Waals surface area contributed by atoms with Gasteiger partial charge < -0.3 is 10.6 Å². The SMILES string of the molecule is NS(=O)(=O)c1ccc(Nc2ncc(Br)c(NC3CCSC3)n2)cc1. The number of halogens is 1. The van der Waals surface area contributed by atoms with E-state index in [2.05, 4.69) is 36.5 Å². The number of hydrogen-bond donors (Lipinski definition) is 3. The predicted octanol–water partition coefficient (Wildman–Crippen LogP) is 2.55. The Hall–Kier alpha value is -1.36. The third-order valence-electron chi connectivity index (χ3n) is 3.45. The van der Waals surface area contributed by atoms with Gasteiger partial charge in [-0.3, -0.25) is 0 Å². The number of rotatable bonds is 5. The number of sulfonamides is 1. The Bertz CT molecular complexity index is 824. The summed E-state index contributed by atoms with van der Waals surface area (Å²) in [6.07, 6.45) is 2.79. The van der Waals surface area contributed by atoms with Crippen LogP contribution in [-0.4, -0.2) is 35.9 Å². The third-order valence-corrected chi connectivity index (χ3v) is 6.13. The monoisotopic (exact) mass is 429 g/mol. The van der Waals surface area contributed by atoms with Gasteiger partial charge in [0.15, 0.2) is 0 Å². The Morgan fingerprint density at radius 2 is 2.04 bits per heavy atom. The fourth-order valence-electron chi connectivity index (χ4n) is 2.23. The van der Waals surface area contributed by atoms with Gasteiger partial charge in [-0.1, -0.05) is 0 Å². The van der Waals surface area contributed by atoms with Crippen LogP contribution in [0.1, 0.15) is 6.42 Å². The zero-order valence-electron chi connectivity index (χ0n) is 12.6. The molecule has 1 aromatic carbocycles. The average molecular weight is 430 g/mol. The minimum atomic E-state index is -3.70. The van der Waals surface area contributed by atoms with Crippen molar-refractivity contribution in [3.8, 4) is 0 Å². The van der Waals surface area contributed by atoms with Crippen LogP contribution < -0.4 is 15.8 Å². The van der Waals surface area contributed by atoms with E-state index in [1.807, 2.05) is 11.8 Å². The van der Waals surface area contributed by atoms with Gasteiger partial charge in [-0.15, -0.1) is 0 Å². The van der Waals surface area contributed by atoms with E-state index in [0.29, 0.717) is 17.7 Å². The quantitative estimate of drug-likeness (QED) is 0.669. The molecule has 1 saturated heterocycles. The van der Waals surface area contributed by atoms with Crippen LogP contribution >= 0.6 is 27.7 Å². The van der Waals surface area contributed by atoms with Crippen LogP contribution in [-0.2, 0) is 10.0 Å². The van der Waals surface area contributed by atoms with E-state index >= 15 is 0 Å². The molecule has 1 fully saturated rings. The lowest BCUT2D eigenvalue weighted by molar-refractivity contribution is 0.598. The number of nitrogens with one attached hydrogen (secondary N) is 2. The molecule has 0 saturated carbocycles. The van der Waals surface area contributed by atoms with Gasteiger partial charge >= 0.3 is 0 Å². The Morgan fingerprint density at radius 1 is 1.29 bits per heavy atom. The molecule has 1 atom stereocenters. The normalized spacial score (nSPS) is 17.7. The molecule has 2 heterocycles. The molecule has 0 amide bonds. The number of anilines is 3. The van der Waals surface area contributed by atoms with E-state index < -0.39 is 10.0 Å². The smallest absolute Gasteiger partial charge is 0.238 e. The van der Waals surface area contributed by atoms with Crippen molar-refractivity contribution in [3.63, 3.8) is 0 Å². The third kappa shape index (κ3) is 4.38. The van der Waals surface area contributed by atoms with E-state index in [-0.39, 0.29) is 4.90 Å². The van der Waals surface area contributed by atoms with Crippen molar-refractivity contribution < 1.29 is 8.42 Å². The van der Waals surface area contributed by atoms with Crippen molar-refractivity contribution >= 4 is 55.2 Å². The summed E-state index contributed by atoms with van der Waals surface area (Å²) < 4.78 is 23.3. The Balaban J connectivity index is 1.75. The van der Waals surface area contributed by atoms with Crippen LogP contribution in [0.4, 0.5) is 17.5 Å². The van der Waals surface area contributed by atoms with Crippen molar-refractivity contribution in [2.75, 3.05) is 22.1 Å².